The number of carbonyl (C=O) groups excluding carboxylic acids is 2. The number of halogens is 1. The molecular weight excluding hydrogens is 575 g/mol. The molecule has 1 spiro atoms. The summed E-state index contributed by atoms with van der Waals surface area (Å²) in [5.41, 5.74) is 1.06. The molecule has 3 heterocycles. The molecule has 3 aliphatic heterocycles. The molecule has 0 unspecified atom stereocenters. The molecule has 0 radical (unpaired) electrons. The number of para-hydroxylation sites is 1. The number of benzene rings is 2. The van der Waals surface area contributed by atoms with Crippen molar-refractivity contribution in [3.8, 4) is 0 Å². The molecule has 2 aromatic carbocycles. The van der Waals surface area contributed by atoms with Crippen LogP contribution >= 0.6 is 0 Å². The summed E-state index contributed by atoms with van der Waals surface area (Å²) in [6.07, 6.45) is 3.91. The summed E-state index contributed by atoms with van der Waals surface area (Å²) in [6, 6.07) is 15.8. The number of ether oxygens (including phenoxy) is 2. The van der Waals surface area contributed by atoms with Crippen LogP contribution in [0.5, 0.6) is 0 Å². The summed E-state index contributed by atoms with van der Waals surface area (Å²) in [5.74, 6) is -3.76. The largest absolute Gasteiger partial charge is 0.478 e. The van der Waals surface area contributed by atoms with Crippen molar-refractivity contribution in [2.75, 3.05) is 51.5 Å². The number of carboxylic acid groups (broad SMARTS) is 2. The smallest absolute Gasteiger partial charge is 0.328 e. The molecule has 44 heavy (non-hydrogen) atoms. The maximum atomic E-state index is 13.5. The van der Waals surface area contributed by atoms with Gasteiger partial charge in [0, 0.05) is 50.0 Å². The molecule has 3 fully saturated rings. The van der Waals surface area contributed by atoms with Crippen LogP contribution < -0.4 is 10.2 Å². The zero-order valence-corrected chi connectivity index (χ0v) is 24.5. The Morgan fingerprint density at radius 1 is 0.955 bits per heavy atom. The molecule has 0 bridgehead atoms. The SMILES string of the molecule is CNC(=O)N1CN(c2ccccc2)C2(CCN(CCCC3(c4ccc(F)cc4)OCCO3)CC2)C1=O.O=C(O)/C=C/C(=O)O. The van der Waals surface area contributed by atoms with Crippen LogP contribution in [0.25, 0.3) is 0 Å². The molecule has 236 valence electrons. The van der Waals surface area contributed by atoms with Gasteiger partial charge in [0.25, 0.3) is 5.91 Å². The summed E-state index contributed by atoms with van der Waals surface area (Å²) < 4.78 is 25.4. The predicted molar refractivity (Wildman–Crippen MR) is 157 cm³/mol. The van der Waals surface area contributed by atoms with Gasteiger partial charge in [0.1, 0.15) is 18.0 Å². The Hall–Kier alpha value is -4.33. The number of carboxylic acids is 2. The van der Waals surface area contributed by atoms with Gasteiger partial charge in [0.05, 0.1) is 13.2 Å². The molecular formula is C31H37FN4O8. The third-order valence-corrected chi connectivity index (χ3v) is 8.04. The normalized spacial score (nSPS) is 19.2. The molecule has 0 saturated carbocycles. The molecule has 13 heteroatoms. The quantitative estimate of drug-likeness (QED) is 0.380. The van der Waals surface area contributed by atoms with E-state index in [0.29, 0.717) is 44.6 Å². The van der Waals surface area contributed by atoms with Gasteiger partial charge in [-0.1, -0.05) is 30.3 Å². The lowest BCUT2D eigenvalue weighted by Gasteiger charge is -2.43. The van der Waals surface area contributed by atoms with Gasteiger partial charge in [-0.2, -0.15) is 0 Å². The van der Waals surface area contributed by atoms with Gasteiger partial charge in [-0.25, -0.2) is 23.7 Å². The van der Waals surface area contributed by atoms with Crippen molar-refractivity contribution < 1.29 is 43.3 Å². The highest BCUT2D eigenvalue weighted by molar-refractivity contribution is 6.04. The molecule has 12 nitrogen and oxygen atoms in total. The number of rotatable bonds is 8. The number of urea groups is 1. The number of likely N-dealkylation sites (tertiary alicyclic amines) is 1. The minimum absolute atomic E-state index is 0.131. The average Bonchev–Trinajstić information content (AvgIpc) is 3.61. The maximum absolute atomic E-state index is 13.5. The van der Waals surface area contributed by atoms with Gasteiger partial charge in [-0.05, 0) is 50.1 Å². The Bertz CT molecular complexity index is 1320. The van der Waals surface area contributed by atoms with Crippen molar-refractivity contribution in [2.24, 2.45) is 0 Å². The van der Waals surface area contributed by atoms with Crippen molar-refractivity contribution in [3.05, 3.63) is 78.1 Å². The van der Waals surface area contributed by atoms with Crippen molar-refractivity contribution in [1.82, 2.24) is 15.1 Å². The summed E-state index contributed by atoms with van der Waals surface area (Å²) in [6.45, 7) is 3.62. The molecule has 3 amide bonds. The van der Waals surface area contributed by atoms with Crippen LogP contribution in [-0.4, -0.2) is 96.0 Å². The molecule has 3 N–H and O–H groups in total. The zero-order valence-electron chi connectivity index (χ0n) is 24.5. The number of hydrogen-bond donors (Lipinski definition) is 3. The number of nitrogens with zero attached hydrogens (tertiary/aromatic N) is 3. The third kappa shape index (κ3) is 7.41. The van der Waals surface area contributed by atoms with Crippen LogP contribution in [0.15, 0.2) is 66.7 Å². The van der Waals surface area contributed by atoms with Gasteiger partial charge in [0.2, 0.25) is 0 Å². The molecule has 0 atom stereocenters. The van der Waals surface area contributed by atoms with E-state index in [1.807, 2.05) is 30.3 Å². The molecule has 0 aromatic heterocycles. The van der Waals surface area contributed by atoms with E-state index < -0.39 is 23.3 Å². The summed E-state index contributed by atoms with van der Waals surface area (Å²) in [4.78, 5) is 50.8. The van der Waals surface area contributed by atoms with Gasteiger partial charge >= 0.3 is 18.0 Å². The van der Waals surface area contributed by atoms with E-state index in [2.05, 4.69) is 15.1 Å². The number of hydrogen-bond acceptors (Lipinski definition) is 8. The van der Waals surface area contributed by atoms with Crippen molar-refractivity contribution in [2.45, 2.75) is 37.0 Å². The second kappa shape index (κ2) is 14.4. The molecule has 2 aromatic rings. The molecule has 3 aliphatic rings. The highest BCUT2D eigenvalue weighted by Gasteiger charge is 2.55. The first-order chi connectivity index (χ1) is 21.1. The van der Waals surface area contributed by atoms with Crippen LogP contribution in [0, 0.1) is 5.82 Å². The van der Waals surface area contributed by atoms with Crippen LogP contribution in [-0.2, 0) is 29.6 Å². The average molecular weight is 613 g/mol. The predicted octanol–water partition coefficient (Wildman–Crippen LogP) is 3.00. The first kappa shape index (κ1) is 32.6. The van der Waals surface area contributed by atoms with E-state index in [1.165, 1.54) is 17.0 Å². The Morgan fingerprint density at radius 2 is 1.55 bits per heavy atom. The number of anilines is 1. The zero-order chi connectivity index (χ0) is 31.7. The van der Waals surface area contributed by atoms with Crippen LogP contribution in [0.2, 0.25) is 0 Å². The number of carbonyl (C=O) groups is 4. The number of imide groups is 1. The fourth-order valence-electron chi connectivity index (χ4n) is 5.86. The van der Waals surface area contributed by atoms with E-state index in [4.69, 9.17) is 19.7 Å². The van der Waals surface area contributed by atoms with Gasteiger partial charge in [-0.15, -0.1) is 0 Å². The Balaban J connectivity index is 0.000000488. The maximum Gasteiger partial charge on any atom is 0.328 e. The van der Waals surface area contributed by atoms with E-state index in [0.717, 1.165) is 37.3 Å². The summed E-state index contributed by atoms with van der Waals surface area (Å²) in [5, 5.41) is 18.2. The topological polar surface area (TPSA) is 149 Å². The fraction of sp³-hybridized carbons (Fsp3) is 0.419. The number of piperidine rings is 1. The van der Waals surface area contributed by atoms with E-state index in [1.54, 1.807) is 19.2 Å². The van der Waals surface area contributed by atoms with E-state index >= 15 is 0 Å². The second-order valence-electron chi connectivity index (χ2n) is 10.6. The summed E-state index contributed by atoms with van der Waals surface area (Å²) >= 11 is 0. The molecule has 3 saturated heterocycles. The van der Waals surface area contributed by atoms with Crippen molar-refractivity contribution in [1.29, 1.82) is 0 Å². The standard InChI is InChI=1S/C27H33FN4O4.C4H4O4/c1-29-25(34)31-20-32(23-6-3-2-4-7-23)26(24(31)33)13-16-30(17-14-26)15-5-12-27(35-18-19-36-27)21-8-10-22(28)11-9-21;5-3(6)1-2-4(7)8/h2-4,6-11H,5,12-20H2,1H3,(H,29,34);1-2H,(H,5,6)(H,7,8)/b;2-1+. The van der Waals surface area contributed by atoms with E-state index in [9.17, 15) is 23.6 Å². The monoisotopic (exact) mass is 612 g/mol. The van der Waals surface area contributed by atoms with Gasteiger partial charge < -0.3 is 34.8 Å². The first-order valence-corrected chi connectivity index (χ1v) is 14.4. The van der Waals surface area contributed by atoms with E-state index in [-0.39, 0.29) is 24.4 Å². The highest BCUT2D eigenvalue weighted by atomic mass is 19.1. The highest BCUT2D eigenvalue weighted by Crippen LogP contribution is 2.40. The van der Waals surface area contributed by atoms with Crippen molar-refractivity contribution in [3.63, 3.8) is 0 Å². The van der Waals surface area contributed by atoms with Crippen LogP contribution in [0.1, 0.15) is 31.2 Å². The number of nitrogens with one attached hydrogen (secondary N) is 1. The van der Waals surface area contributed by atoms with Gasteiger partial charge in [-0.3, -0.25) is 4.79 Å². The second-order valence-corrected chi connectivity index (χ2v) is 10.6. The minimum atomic E-state index is -1.26. The lowest BCUT2D eigenvalue weighted by Crippen LogP contribution is -2.57. The van der Waals surface area contributed by atoms with Crippen LogP contribution in [0.4, 0.5) is 14.9 Å². The fourth-order valence-corrected chi connectivity index (χ4v) is 5.86. The number of aliphatic carboxylic acids is 2. The van der Waals surface area contributed by atoms with Crippen LogP contribution in [0.3, 0.4) is 0 Å². The Morgan fingerprint density at radius 3 is 2.09 bits per heavy atom. The lowest BCUT2D eigenvalue weighted by molar-refractivity contribution is -0.172. The van der Waals surface area contributed by atoms with Gasteiger partial charge in [0.15, 0.2) is 5.79 Å². The summed E-state index contributed by atoms with van der Waals surface area (Å²) in [7, 11) is 1.55. The number of amides is 3. The first-order valence-electron chi connectivity index (χ1n) is 14.4. The lowest BCUT2D eigenvalue weighted by atomic mass is 9.85. The molecule has 0 aliphatic carbocycles. The minimum Gasteiger partial charge on any atom is -0.478 e. The van der Waals surface area contributed by atoms with Crippen molar-refractivity contribution >= 4 is 29.6 Å². The third-order valence-electron chi connectivity index (χ3n) is 8.04. The Kier molecular flexibility index (Phi) is 10.7. The molecule has 5 rings (SSSR count). The Labute approximate surface area is 254 Å².